The van der Waals surface area contributed by atoms with Gasteiger partial charge in [0.15, 0.2) is 5.78 Å². The fourth-order valence-electron chi connectivity index (χ4n) is 3.14. The van der Waals surface area contributed by atoms with E-state index in [1.165, 1.54) is 7.11 Å². The SMILES string of the molecule is COC(=O)[C@]12CC[C@@H](C1)C(C)(C)C2=O. The van der Waals surface area contributed by atoms with Crippen molar-refractivity contribution in [1.82, 2.24) is 0 Å². The number of hydrogen-bond acceptors (Lipinski definition) is 3. The molecule has 2 saturated carbocycles. The fraction of sp³-hybridized carbons (Fsp3) is 0.818. The van der Waals surface area contributed by atoms with E-state index in [1.807, 2.05) is 13.8 Å². The van der Waals surface area contributed by atoms with Crippen molar-refractivity contribution in [3.05, 3.63) is 0 Å². The lowest BCUT2D eigenvalue weighted by molar-refractivity contribution is -0.158. The maximum atomic E-state index is 12.1. The van der Waals surface area contributed by atoms with Crippen LogP contribution in [0, 0.1) is 16.7 Å². The molecule has 2 aliphatic carbocycles. The number of esters is 1. The fourth-order valence-corrected chi connectivity index (χ4v) is 3.14. The van der Waals surface area contributed by atoms with Gasteiger partial charge in [0.1, 0.15) is 5.41 Å². The van der Waals surface area contributed by atoms with Crippen LogP contribution in [-0.4, -0.2) is 18.9 Å². The van der Waals surface area contributed by atoms with E-state index in [0.717, 1.165) is 6.42 Å². The molecule has 0 amide bonds. The molecule has 2 atom stereocenters. The molecule has 78 valence electrons. The van der Waals surface area contributed by atoms with Gasteiger partial charge in [0.2, 0.25) is 0 Å². The highest BCUT2D eigenvalue weighted by Crippen LogP contribution is 2.60. The number of methoxy groups -OCH3 is 1. The minimum atomic E-state index is -0.789. The van der Waals surface area contributed by atoms with Crippen molar-refractivity contribution in [1.29, 1.82) is 0 Å². The Morgan fingerprint density at radius 1 is 1.50 bits per heavy atom. The van der Waals surface area contributed by atoms with Crippen molar-refractivity contribution in [2.75, 3.05) is 7.11 Å². The summed E-state index contributed by atoms with van der Waals surface area (Å²) in [5, 5.41) is 0. The maximum absolute atomic E-state index is 12.1. The molecule has 3 nitrogen and oxygen atoms in total. The number of ketones is 1. The van der Waals surface area contributed by atoms with Gasteiger partial charge in [-0.15, -0.1) is 0 Å². The monoisotopic (exact) mass is 196 g/mol. The first-order valence-corrected chi connectivity index (χ1v) is 5.08. The third-order valence-corrected chi connectivity index (χ3v) is 4.13. The minimum absolute atomic E-state index is 0.0908. The molecular weight excluding hydrogens is 180 g/mol. The number of ether oxygens (including phenoxy) is 1. The first-order chi connectivity index (χ1) is 6.45. The molecule has 3 heteroatoms. The van der Waals surface area contributed by atoms with E-state index >= 15 is 0 Å². The summed E-state index contributed by atoms with van der Waals surface area (Å²) in [6.07, 6.45) is 2.37. The highest BCUT2D eigenvalue weighted by atomic mass is 16.5. The van der Waals surface area contributed by atoms with Gasteiger partial charge in [0.25, 0.3) is 0 Å². The van der Waals surface area contributed by atoms with Crippen LogP contribution >= 0.6 is 0 Å². The normalized spacial score (nSPS) is 38.8. The molecule has 0 radical (unpaired) electrons. The summed E-state index contributed by atoms with van der Waals surface area (Å²) >= 11 is 0. The van der Waals surface area contributed by atoms with Crippen LogP contribution in [0.3, 0.4) is 0 Å². The Morgan fingerprint density at radius 2 is 2.14 bits per heavy atom. The Hall–Kier alpha value is -0.860. The highest BCUT2D eigenvalue weighted by Gasteiger charge is 2.65. The zero-order valence-corrected chi connectivity index (χ0v) is 8.92. The third-order valence-electron chi connectivity index (χ3n) is 4.13. The summed E-state index contributed by atoms with van der Waals surface area (Å²) in [4.78, 5) is 23.8. The van der Waals surface area contributed by atoms with Crippen molar-refractivity contribution in [2.24, 2.45) is 16.7 Å². The van der Waals surface area contributed by atoms with E-state index in [1.54, 1.807) is 0 Å². The van der Waals surface area contributed by atoms with Crippen LogP contribution in [0.1, 0.15) is 33.1 Å². The third kappa shape index (κ3) is 0.877. The molecule has 2 fully saturated rings. The molecule has 2 bridgehead atoms. The summed E-state index contributed by atoms with van der Waals surface area (Å²) in [7, 11) is 1.36. The molecule has 0 spiro atoms. The second kappa shape index (κ2) is 2.59. The second-order valence-electron chi connectivity index (χ2n) is 5.06. The molecular formula is C11H16O3. The minimum Gasteiger partial charge on any atom is -0.468 e. The number of carbonyl (C=O) groups is 2. The molecule has 0 saturated heterocycles. The number of Topliss-reactive ketones (excluding diaryl/α,β-unsaturated/α-hetero) is 1. The molecule has 2 aliphatic rings. The topological polar surface area (TPSA) is 43.4 Å². The maximum Gasteiger partial charge on any atom is 0.319 e. The second-order valence-corrected chi connectivity index (χ2v) is 5.06. The first-order valence-electron chi connectivity index (χ1n) is 5.08. The van der Waals surface area contributed by atoms with Gasteiger partial charge in [0.05, 0.1) is 7.11 Å². The lowest BCUT2D eigenvalue weighted by Crippen LogP contribution is -2.42. The van der Waals surface area contributed by atoms with Gasteiger partial charge < -0.3 is 4.74 Å². The van der Waals surface area contributed by atoms with Crippen molar-refractivity contribution >= 4 is 11.8 Å². The smallest absolute Gasteiger partial charge is 0.319 e. The van der Waals surface area contributed by atoms with Crippen LogP contribution in [0.4, 0.5) is 0 Å². The van der Waals surface area contributed by atoms with Crippen molar-refractivity contribution in [3.8, 4) is 0 Å². The molecule has 14 heavy (non-hydrogen) atoms. The van der Waals surface area contributed by atoms with Crippen molar-refractivity contribution in [3.63, 3.8) is 0 Å². The first kappa shape index (κ1) is 9.69. The number of hydrogen-bond donors (Lipinski definition) is 0. The van der Waals surface area contributed by atoms with Crippen LogP contribution in [0.25, 0.3) is 0 Å². The van der Waals surface area contributed by atoms with Gasteiger partial charge in [-0.2, -0.15) is 0 Å². The van der Waals surface area contributed by atoms with Gasteiger partial charge in [-0.3, -0.25) is 9.59 Å². The van der Waals surface area contributed by atoms with Gasteiger partial charge in [0, 0.05) is 5.41 Å². The lowest BCUT2D eigenvalue weighted by atomic mass is 9.71. The average Bonchev–Trinajstić information content (AvgIpc) is 2.66. The quantitative estimate of drug-likeness (QED) is 0.472. The summed E-state index contributed by atoms with van der Waals surface area (Å²) in [6.45, 7) is 3.90. The molecule has 2 rings (SSSR count). The van der Waals surface area contributed by atoms with Gasteiger partial charge in [-0.05, 0) is 25.2 Å². The van der Waals surface area contributed by atoms with Crippen LogP contribution < -0.4 is 0 Å². The zero-order valence-electron chi connectivity index (χ0n) is 8.92. The van der Waals surface area contributed by atoms with E-state index in [0.29, 0.717) is 18.8 Å². The average molecular weight is 196 g/mol. The Balaban J connectivity index is 2.40. The summed E-state index contributed by atoms with van der Waals surface area (Å²) in [5.41, 5.74) is -1.12. The predicted octanol–water partition coefficient (Wildman–Crippen LogP) is 1.55. The summed E-state index contributed by atoms with van der Waals surface area (Å²) < 4.78 is 4.76. The van der Waals surface area contributed by atoms with Gasteiger partial charge in [-0.1, -0.05) is 13.8 Å². The van der Waals surface area contributed by atoms with E-state index in [2.05, 4.69) is 0 Å². The predicted molar refractivity (Wildman–Crippen MR) is 50.6 cm³/mol. The van der Waals surface area contributed by atoms with Crippen LogP contribution in [0.2, 0.25) is 0 Å². The highest BCUT2D eigenvalue weighted by molar-refractivity contribution is 6.08. The van der Waals surface area contributed by atoms with Crippen molar-refractivity contribution in [2.45, 2.75) is 33.1 Å². The molecule has 0 N–H and O–H groups in total. The largest absolute Gasteiger partial charge is 0.468 e. The number of fused-ring (bicyclic) bond motifs is 2. The Labute approximate surface area is 83.8 Å². The van der Waals surface area contributed by atoms with Crippen LogP contribution in [-0.2, 0) is 14.3 Å². The molecule has 0 aromatic carbocycles. The number of carbonyl (C=O) groups excluding carboxylic acids is 2. The van der Waals surface area contributed by atoms with E-state index in [4.69, 9.17) is 4.74 Å². The van der Waals surface area contributed by atoms with Crippen molar-refractivity contribution < 1.29 is 14.3 Å². The standard InChI is InChI=1S/C11H16O3/c1-10(2)7-4-5-11(6-7,8(10)12)9(13)14-3/h7H,4-6H2,1-3H3/t7-,11+/m0/s1. The van der Waals surface area contributed by atoms with Gasteiger partial charge >= 0.3 is 5.97 Å². The Morgan fingerprint density at radius 3 is 2.57 bits per heavy atom. The molecule has 0 unspecified atom stereocenters. The molecule has 0 aromatic rings. The Kier molecular flexibility index (Phi) is 1.79. The summed E-state index contributed by atoms with van der Waals surface area (Å²) in [5.74, 6) is 0.137. The van der Waals surface area contributed by atoms with Crippen LogP contribution in [0.15, 0.2) is 0 Å². The van der Waals surface area contributed by atoms with Crippen LogP contribution in [0.5, 0.6) is 0 Å². The lowest BCUT2D eigenvalue weighted by Gasteiger charge is -2.31. The summed E-state index contributed by atoms with van der Waals surface area (Å²) in [6, 6.07) is 0. The zero-order chi connectivity index (χ0) is 10.6. The molecule has 0 aliphatic heterocycles. The Bertz CT molecular complexity index is 306. The van der Waals surface area contributed by atoms with E-state index < -0.39 is 5.41 Å². The van der Waals surface area contributed by atoms with E-state index in [-0.39, 0.29) is 17.2 Å². The van der Waals surface area contributed by atoms with Gasteiger partial charge in [-0.25, -0.2) is 0 Å². The molecule has 0 aromatic heterocycles. The number of rotatable bonds is 1. The van der Waals surface area contributed by atoms with E-state index in [9.17, 15) is 9.59 Å². The molecule has 0 heterocycles.